The monoisotopic (exact) mass is 740 g/mol. The Labute approximate surface area is 355 Å². The van der Waals surface area contributed by atoms with Crippen molar-refractivity contribution in [2.45, 2.75) is 0 Å². The van der Waals surface area contributed by atoms with Crippen molar-refractivity contribution in [2.24, 2.45) is 0 Å². The lowest BCUT2D eigenvalue weighted by atomic mass is 9.97. The third-order valence-electron chi connectivity index (χ3n) is 9.87. The van der Waals surface area contributed by atoms with E-state index in [4.69, 9.17) is 12.3 Å². The van der Waals surface area contributed by atoms with E-state index in [0.717, 1.165) is 44.2 Å². The number of hydrogen-bond donors (Lipinski definition) is 0. The predicted octanol–water partition coefficient (Wildman–Crippen LogP) is 15.8. The van der Waals surface area contributed by atoms with Gasteiger partial charge in [-0.25, -0.2) is 0 Å². The van der Waals surface area contributed by atoms with Gasteiger partial charge in [-0.15, -0.1) is 0 Å². The number of hydrogen-bond acceptors (Lipinski definition) is 1. The number of rotatable bonds is 8. The molecule has 0 saturated carbocycles. The molecule has 10 aromatic rings. The van der Waals surface area contributed by atoms with Crippen molar-refractivity contribution in [1.82, 2.24) is 0 Å². The maximum atomic E-state index is 9.65. The summed E-state index contributed by atoms with van der Waals surface area (Å²) >= 11 is 0. The SMILES string of the molecule is [2H]c1c([2H])c([2H])c(-c2c([2H])c([2H])c3c([2H])c(-c4c([2H])c([2H])c(N(c5ccc(-c6ccc(-c7ccccc7)cc6)cc5)c5cccc(-c6cccc7ccccc67)c5)c([2H])c4[2H])c([2H])c([2H])c3c2[2H])c([2H])c1[2H]. The first-order chi connectivity index (χ1) is 34.5. The van der Waals surface area contributed by atoms with Gasteiger partial charge >= 0.3 is 0 Å². The van der Waals surface area contributed by atoms with E-state index in [1.807, 2.05) is 140 Å². The molecule has 10 aromatic carbocycles. The minimum Gasteiger partial charge on any atom is -0.310 e. The molecule has 0 bridgehead atoms. The molecule has 0 aliphatic heterocycles. The lowest BCUT2D eigenvalue weighted by molar-refractivity contribution is 1.28. The van der Waals surface area contributed by atoms with Crippen molar-refractivity contribution in [1.29, 1.82) is 0 Å². The fourth-order valence-corrected chi connectivity index (χ4v) is 7.03. The summed E-state index contributed by atoms with van der Waals surface area (Å²) in [5, 5.41) is 1.05. The molecular formula is C56H39N. The lowest BCUT2D eigenvalue weighted by Crippen LogP contribution is -2.10. The third kappa shape index (κ3) is 6.88. The van der Waals surface area contributed by atoms with Crippen molar-refractivity contribution >= 4 is 38.6 Å². The van der Waals surface area contributed by atoms with Gasteiger partial charge in [0.2, 0.25) is 0 Å². The van der Waals surface area contributed by atoms with Gasteiger partial charge in [-0.1, -0.05) is 188 Å². The van der Waals surface area contributed by atoms with Gasteiger partial charge in [0.25, 0.3) is 0 Å². The van der Waals surface area contributed by atoms with Gasteiger partial charge in [-0.3, -0.25) is 0 Å². The molecule has 1 heteroatoms. The number of nitrogens with zero attached hydrogens (tertiary/aromatic N) is 1. The zero-order valence-electron chi connectivity index (χ0n) is 45.3. The van der Waals surface area contributed by atoms with Crippen LogP contribution >= 0.6 is 0 Å². The molecule has 0 aliphatic carbocycles. The number of benzene rings is 10. The summed E-state index contributed by atoms with van der Waals surface area (Å²) in [6, 6.07) is 36.5. The second-order valence-electron chi connectivity index (χ2n) is 13.4. The summed E-state index contributed by atoms with van der Waals surface area (Å²) in [7, 11) is 0. The van der Waals surface area contributed by atoms with E-state index in [1.54, 1.807) is 11.0 Å². The molecule has 0 atom stereocenters. The van der Waals surface area contributed by atoms with Crippen molar-refractivity contribution in [3.8, 4) is 55.6 Å². The number of fused-ring (bicyclic) bond motifs is 2. The fourth-order valence-electron chi connectivity index (χ4n) is 7.03. The van der Waals surface area contributed by atoms with Gasteiger partial charge in [-0.2, -0.15) is 0 Å². The van der Waals surface area contributed by atoms with Crippen LogP contribution in [0, 0.1) is 0 Å². The highest BCUT2D eigenvalue weighted by molar-refractivity contribution is 5.97. The summed E-state index contributed by atoms with van der Waals surface area (Å²) < 4.78 is 135. The Balaban J connectivity index is 1.16. The van der Waals surface area contributed by atoms with Gasteiger partial charge in [0.1, 0.15) is 0 Å². The second kappa shape index (κ2) is 15.0. The highest BCUT2D eigenvalue weighted by Gasteiger charge is 2.15. The van der Waals surface area contributed by atoms with E-state index in [1.165, 1.54) is 0 Å². The van der Waals surface area contributed by atoms with Crippen LogP contribution in [0.5, 0.6) is 0 Å². The maximum absolute atomic E-state index is 9.65. The standard InChI is InChI=1S/C56H39N/c1-3-11-40(12-4-1)42-21-23-43(24-22-42)44-29-33-52(34-30-44)57(54-18-9-17-51(39-54)56-20-10-16-46-15-7-8-19-55(46)56)53-35-31-45(32-36-53)48-26-28-49-37-47(25-27-50(49)38-48)41-13-5-2-6-14-41/h1-39H/i2D,5D,6D,13D,14D,25D,26D,27D,28D,31D,32D,35D,36D,37D,38D. The van der Waals surface area contributed by atoms with Crippen LogP contribution < -0.4 is 4.90 Å². The third-order valence-corrected chi connectivity index (χ3v) is 9.87. The second-order valence-corrected chi connectivity index (χ2v) is 13.4. The maximum Gasteiger partial charge on any atom is 0.0645 e. The van der Waals surface area contributed by atoms with E-state index >= 15 is 0 Å². The van der Waals surface area contributed by atoms with Crippen LogP contribution in [-0.2, 0) is 0 Å². The van der Waals surface area contributed by atoms with Crippen molar-refractivity contribution in [2.75, 3.05) is 4.90 Å². The quantitative estimate of drug-likeness (QED) is 0.150. The Kier molecular flexibility index (Phi) is 5.67. The highest BCUT2D eigenvalue weighted by atomic mass is 15.1. The van der Waals surface area contributed by atoms with Gasteiger partial charge in [-0.05, 0) is 126 Å². The molecule has 0 spiro atoms. The Morgan fingerprint density at radius 1 is 0.298 bits per heavy atom. The molecule has 0 fully saturated rings. The summed E-state index contributed by atoms with van der Waals surface area (Å²) in [5.74, 6) is 0. The average molecular weight is 741 g/mol. The van der Waals surface area contributed by atoms with E-state index in [-0.39, 0.29) is 5.69 Å². The molecular weight excluding hydrogens is 687 g/mol. The van der Waals surface area contributed by atoms with Crippen LogP contribution in [0.4, 0.5) is 17.1 Å². The molecule has 0 aromatic heterocycles. The Morgan fingerprint density at radius 3 is 1.51 bits per heavy atom. The smallest absolute Gasteiger partial charge is 0.0645 e. The molecule has 0 radical (unpaired) electrons. The first kappa shape index (κ1) is 21.6. The largest absolute Gasteiger partial charge is 0.310 e. The van der Waals surface area contributed by atoms with E-state index in [9.17, 15) is 8.22 Å². The van der Waals surface area contributed by atoms with Crippen LogP contribution in [0.1, 0.15) is 20.6 Å². The molecule has 0 unspecified atom stereocenters. The Hall–Kier alpha value is -7.48. The van der Waals surface area contributed by atoms with Crippen molar-refractivity contribution < 1.29 is 20.6 Å². The van der Waals surface area contributed by atoms with Crippen LogP contribution in [0.25, 0.3) is 77.2 Å². The van der Waals surface area contributed by atoms with Gasteiger partial charge in [0.05, 0.1) is 20.6 Å². The van der Waals surface area contributed by atoms with E-state index in [2.05, 4.69) is 0 Å². The molecule has 10 rings (SSSR count). The van der Waals surface area contributed by atoms with Crippen LogP contribution in [0.15, 0.2) is 236 Å². The molecule has 0 aliphatic rings. The fraction of sp³-hybridized carbons (Fsp3) is 0. The van der Waals surface area contributed by atoms with E-state index in [0.29, 0.717) is 11.4 Å². The van der Waals surface area contributed by atoms with E-state index < -0.39 is 124 Å². The lowest BCUT2D eigenvalue weighted by Gasteiger charge is -2.26. The predicted molar refractivity (Wildman–Crippen MR) is 243 cm³/mol. The van der Waals surface area contributed by atoms with Gasteiger partial charge in [0.15, 0.2) is 0 Å². The zero-order chi connectivity index (χ0) is 51.0. The summed E-state index contributed by atoms with van der Waals surface area (Å²) in [4.78, 5) is 1.63. The summed E-state index contributed by atoms with van der Waals surface area (Å²) in [6.45, 7) is 0. The minimum atomic E-state index is -0.783. The van der Waals surface area contributed by atoms with Crippen LogP contribution in [0.3, 0.4) is 0 Å². The first-order valence-electron chi connectivity index (χ1n) is 25.9. The number of anilines is 3. The molecule has 57 heavy (non-hydrogen) atoms. The molecule has 0 saturated heterocycles. The highest BCUT2D eigenvalue weighted by Crippen LogP contribution is 2.40. The normalized spacial score (nSPS) is 14.8. The molecule has 0 heterocycles. The molecule has 0 amide bonds. The van der Waals surface area contributed by atoms with Crippen LogP contribution in [-0.4, -0.2) is 0 Å². The average Bonchev–Trinajstić information content (AvgIpc) is 3.40. The van der Waals surface area contributed by atoms with Crippen molar-refractivity contribution in [3.05, 3.63) is 236 Å². The summed E-state index contributed by atoms with van der Waals surface area (Å²) in [6.07, 6.45) is 0. The molecule has 268 valence electrons. The van der Waals surface area contributed by atoms with Gasteiger partial charge < -0.3 is 4.90 Å². The topological polar surface area (TPSA) is 3.24 Å². The van der Waals surface area contributed by atoms with Crippen molar-refractivity contribution in [3.63, 3.8) is 0 Å². The molecule has 1 nitrogen and oxygen atoms in total. The minimum absolute atomic E-state index is 0.153. The van der Waals surface area contributed by atoms with Crippen LogP contribution in [0.2, 0.25) is 0 Å². The summed E-state index contributed by atoms with van der Waals surface area (Å²) in [5.41, 5.74) is 4.38. The Bertz CT molecular complexity index is 3800. The first-order valence-corrected chi connectivity index (χ1v) is 18.4. The van der Waals surface area contributed by atoms with Gasteiger partial charge in [0, 0.05) is 17.1 Å². The zero-order valence-corrected chi connectivity index (χ0v) is 30.3. The Morgan fingerprint density at radius 2 is 0.825 bits per heavy atom. The molecule has 0 N–H and O–H groups in total.